The molecule has 3 heterocycles. The van der Waals surface area contributed by atoms with Gasteiger partial charge in [-0.05, 0) is 43.1 Å². The minimum Gasteiger partial charge on any atom is -0.497 e. The van der Waals surface area contributed by atoms with Crippen molar-refractivity contribution >= 4 is 10.9 Å². The van der Waals surface area contributed by atoms with Crippen LogP contribution in [0.3, 0.4) is 0 Å². The van der Waals surface area contributed by atoms with Crippen molar-refractivity contribution in [2.24, 2.45) is 0 Å². The number of nitrogens with zero attached hydrogens (tertiary/aromatic N) is 1. The van der Waals surface area contributed by atoms with E-state index in [-0.39, 0.29) is 0 Å². The normalized spacial score (nSPS) is 28.6. The van der Waals surface area contributed by atoms with Crippen LogP contribution in [-0.2, 0) is 0 Å². The third-order valence-corrected chi connectivity index (χ3v) is 4.87. The molecule has 1 N–H and O–H groups in total. The predicted molar refractivity (Wildman–Crippen MR) is 76.8 cm³/mol. The Bertz CT molecular complexity index is 631. The first kappa shape index (κ1) is 11.4. The monoisotopic (exact) mass is 256 g/mol. The maximum absolute atomic E-state index is 5.39. The van der Waals surface area contributed by atoms with Gasteiger partial charge in [0.05, 0.1) is 7.11 Å². The molecule has 100 valence electrons. The molecular weight excluding hydrogens is 236 g/mol. The van der Waals surface area contributed by atoms with Gasteiger partial charge in [-0.1, -0.05) is 6.92 Å². The van der Waals surface area contributed by atoms with Crippen molar-refractivity contribution in [1.82, 2.24) is 9.88 Å². The minimum absolute atomic E-state index is 0.576. The summed E-state index contributed by atoms with van der Waals surface area (Å²) in [4.78, 5) is 6.31. The number of methoxy groups -OCH3 is 1. The minimum atomic E-state index is 0.576. The molecule has 3 nitrogen and oxygen atoms in total. The fourth-order valence-corrected chi connectivity index (χ4v) is 3.99. The Morgan fingerprint density at radius 1 is 1.42 bits per heavy atom. The summed E-state index contributed by atoms with van der Waals surface area (Å²) in [6.45, 7) is 4.77. The van der Waals surface area contributed by atoms with Crippen LogP contribution in [0.1, 0.15) is 43.0 Å². The Morgan fingerprint density at radius 3 is 3.11 bits per heavy atom. The maximum Gasteiger partial charge on any atom is 0.119 e. The standard InChI is InChI=1S/C16H20N2O/c1-3-14-16-15(10-6-7-18(14)9-10)12-8-11(19-2)4-5-13(12)17-16/h4-5,8,10,14,17H,3,6-7,9H2,1-2H3. The van der Waals surface area contributed by atoms with E-state index in [9.17, 15) is 0 Å². The number of aromatic nitrogens is 1. The topological polar surface area (TPSA) is 28.3 Å². The molecule has 19 heavy (non-hydrogen) atoms. The van der Waals surface area contributed by atoms with Crippen LogP contribution in [0.4, 0.5) is 0 Å². The van der Waals surface area contributed by atoms with Crippen molar-refractivity contribution in [2.45, 2.75) is 31.7 Å². The molecule has 0 radical (unpaired) electrons. The highest BCUT2D eigenvalue weighted by Crippen LogP contribution is 2.46. The second kappa shape index (κ2) is 4.01. The lowest BCUT2D eigenvalue weighted by molar-refractivity contribution is 0.221. The van der Waals surface area contributed by atoms with Crippen LogP contribution in [-0.4, -0.2) is 30.1 Å². The average molecular weight is 256 g/mol. The number of rotatable bonds is 2. The van der Waals surface area contributed by atoms with Gasteiger partial charge in [-0.2, -0.15) is 0 Å². The summed E-state index contributed by atoms with van der Waals surface area (Å²) in [5, 5.41) is 1.37. The predicted octanol–water partition coefficient (Wildman–Crippen LogP) is 3.43. The molecule has 4 rings (SSSR count). The van der Waals surface area contributed by atoms with E-state index in [0.29, 0.717) is 12.0 Å². The number of ether oxygens (including phenoxy) is 1. The third-order valence-electron chi connectivity index (χ3n) is 4.87. The quantitative estimate of drug-likeness (QED) is 0.891. The molecule has 0 aliphatic carbocycles. The fourth-order valence-electron chi connectivity index (χ4n) is 3.99. The molecule has 2 bridgehead atoms. The van der Waals surface area contributed by atoms with Crippen LogP contribution in [0.25, 0.3) is 10.9 Å². The first-order chi connectivity index (χ1) is 9.31. The second-order valence-corrected chi connectivity index (χ2v) is 5.77. The van der Waals surface area contributed by atoms with Gasteiger partial charge in [0.15, 0.2) is 0 Å². The lowest BCUT2D eigenvalue weighted by atomic mass is 9.90. The van der Waals surface area contributed by atoms with E-state index in [1.807, 2.05) is 6.07 Å². The lowest BCUT2D eigenvalue weighted by Gasteiger charge is -2.31. The molecule has 3 unspecified atom stereocenters. The molecule has 2 aromatic rings. The van der Waals surface area contributed by atoms with E-state index in [4.69, 9.17) is 4.74 Å². The maximum atomic E-state index is 5.39. The van der Waals surface area contributed by atoms with Crippen LogP contribution in [0.5, 0.6) is 5.75 Å². The van der Waals surface area contributed by atoms with Gasteiger partial charge in [-0.3, -0.25) is 4.90 Å². The number of hydrogen-bond donors (Lipinski definition) is 1. The number of aromatic amines is 1. The summed E-state index contributed by atoms with van der Waals surface area (Å²) in [7, 11) is 1.74. The highest BCUT2D eigenvalue weighted by Gasteiger charge is 2.39. The molecule has 3 atom stereocenters. The first-order valence-electron chi connectivity index (χ1n) is 7.25. The summed E-state index contributed by atoms with van der Waals surface area (Å²) >= 11 is 0. The van der Waals surface area contributed by atoms with E-state index >= 15 is 0 Å². The zero-order chi connectivity index (χ0) is 13.0. The fraction of sp³-hybridized carbons (Fsp3) is 0.500. The first-order valence-corrected chi connectivity index (χ1v) is 7.25. The summed E-state index contributed by atoms with van der Waals surface area (Å²) in [5.74, 6) is 1.67. The zero-order valence-electron chi connectivity index (χ0n) is 11.6. The van der Waals surface area contributed by atoms with Crippen molar-refractivity contribution in [3.8, 4) is 5.75 Å². The average Bonchev–Trinajstić information content (AvgIpc) is 3.01. The SMILES string of the molecule is CCC1c2[nH]c3ccc(OC)cc3c2C2CCN1C2. The summed E-state index contributed by atoms with van der Waals surface area (Å²) < 4.78 is 5.39. The molecule has 1 saturated heterocycles. The lowest BCUT2D eigenvalue weighted by Crippen LogP contribution is -2.30. The van der Waals surface area contributed by atoms with E-state index in [2.05, 4.69) is 28.9 Å². The molecule has 1 aromatic carbocycles. The molecule has 2 aliphatic rings. The number of hydrogen-bond acceptors (Lipinski definition) is 2. The number of fused-ring (bicyclic) bond motifs is 6. The Morgan fingerprint density at radius 2 is 2.32 bits per heavy atom. The molecule has 0 spiro atoms. The Balaban J connectivity index is 1.97. The third kappa shape index (κ3) is 1.48. The van der Waals surface area contributed by atoms with Crippen molar-refractivity contribution in [2.75, 3.05) is 20.2 Å². The van der Waals surface area contributed by atoms with Crippen molar-refractivity contribution < 1.29 is 4.74 Å². The van der Waals surface area contributed by atoms with Gasteiger partial charge >= 0.3 is 0 Å². The van der Waals surface area contributed by atoms with Crippen LogP contribution in [0.15, 0.2) is 18.2 Å². The summed E-state index contributed by atoms with van der Waals surface area (Å²) in [6, 6.07) is 6.98. The van der Waals surface area contributed by atoms with Crippen LogP contribution < -0.4 is 4.74 Å². The van der Waals surface area contributed by atoms with Crippen LogP contribution in [0.2, 0.25) is 0 Å². The van der Waals surface area contributed by atoms with Gasteiger partial charge < -0.3 is 9.72 Å². The van der Waals surface area contributed by atoms with Crippen molar-refractivity contribution in [3.05, 3.63) is 29.5 Å². The Hall–Kier alpha value is -1.48. The van der Waals surface area contributed by atoms with Gasteiger partial charge in [0.2, 0.25) is 0 Å². The summed E-state index contributed by atoms with van der Waals surface area (Å²) in [6.07, 6.45) is 2.48. The molecule has 2 aliphatic heterocycles. The Kier molecular flexibility index (Phi) is 2.39. The number of benzene rings is 1. The highest BCUT2D eigenvalue weighted by atomic mass is 16.5. The van der Waals surface area contributed by atoms with E-state index in [1.54, 1.807) is 12.7 Å². The largest absolute Gasteiger partial charge is 0.497 e. The second-order valence-electron chi connectivity index (χ2n) is 5.77. The van der Waals surface area contributed by atoms with E-state index in [1.165, 1.54) is 42.5 Å². The van der Waals surface area contributed by atoms with Crippen molar-refractivity contribution in [1.29, 1.82) is 0 Å². The number of nitrogens with one attached hydrogen (secondary N) is 1. The van der Waals surface area contributed by atoms with Gasteiger partial charge in [0, 0.05) is 35.1 Å². The van der Waals surface area contributed by atoms with Gasteiger partial charge in [0.1, 0.15) is 5.75 Å². The van der Waals surface area contributed by atoms with Gasteiger partial charge in [0.25, 0.3) is 0 Å². The van der Waals surface area contributed by atoms with Crippen LogP contribution >= 0.6 is 0 Å². The van der Waals surface area contributed by atoms with E-state index < -0.39 is 0 Å². The van der Waals surface area contributed by atoms with E-state index in [0.717, 1.165) is 5.75 Å². The van der Waals surface area contributed by atoms with Crippen molar-refractivity contribution in [3.63, 3.8) is 0 Å². The molecule has 0 saturated carbocycles. The molecule has 1 fully saturated rings. The highest BCUT2D eigenvalue weighted by molar-refractivity contribution is 5.87. The molecular formula is C16H20N2O. The zero-order valence-corrected chi connectivity index (χ0v) is 11.6. The molecule has 1 aromatic heterocycles. The Labute approximate surface area is 113 Å². The summed E-state index contributed by atoms with van der Waals surface area (Å²) in [5.41, 5.74) is 4.28. The number of H-pyrrole nitrogens is 1. The molecule has 3 heteroatoms. The van der Waals surface area contributed by atoms with Gasteiger partial charge in [-0.25, -0.2) is 0 Å². The molecule has 0 amide bonds. The van der Waals surface area contributed by atoms with Gasteiger partial charge in [-0.15, -0.1) is 0 Å². The smallest absolute Gasteiger partial charge is 0.119 e. The van der Waals surface area contributed by atoms with Crippen LogP contribution in [0, 0.1) is 0 Å².